The highest BCUT2D eigenvalue weighted by Gasteiger charge is 2.10. The highest BCUT2D eigenvalue weighted by molar-refractivity contribution is 14.1. The summed E-state index contributed by atoms with van der Waals surface area (Å²) in [6, 6.07) is 16.0. The Labute approximate surface area is 130 Å². The zero-order chi connectivity index (χ0) is 14.1. The molecule has 2 N–H and O–H groups in total. The second-order valence-corrected chi connectivity index (χ2v) is 5.69. The highest BCUT2D eigenvalue weighted by atomic mass is 127. The van der Waals surface area contributed by atoms with Crippen LogP contribution in [0.1, 0.15) is 5.56 Å². The lowest BCUT2D eigenvalue weighted by molar-refractivity contribution is 1.10. The molecule has 0 aliphatic carbocycles. The summed E-state index contributed by atoms with van der Waals surface area (Å²) < 4.78 is 3.05. The molecule has 5 heteroatoms. The number of benzene rings is 2. The maximum absolute atomic E-state index is 8.70. The van der Waals surface area contributed by atoms with Gasteiger partial charge in [0.2, 0.25) is 5.95 Å². The van der Waals surface area contributed by atoms with Crippen molar-refractivity contribution in [3.05, 3.63) is 51.6 Å². The van der Waals surface area contributed by atoms with Gasteiger partial charge in [0, 0.05) is 9.26 Å². The van der Waals surface area contributed by atoms with Gasteiger partial charge in [0.25, 0.3) is 0 Å². The fourth-order valence-electron chi connectivity index (χ4n) is 2.20. The molecule has 0 fully saturated rings. The first kappa shape index (κ1) is 12.9. The molecule has 0 unspecified atom stereocenters. The van der Waals surface area contributed by atoms with Crippen LogP contribution in [0.25, 0.3) is 16.7 Å². The van der Waals surface area contributed by atoms with Gasteiger partial charge in [-0.15, -0.1) is 0 Å². The molecule has 1 heterocycles. The van der Waals surface area contributed by atoms with Gasteiger partial charge in [-0.25, -0.2) is 4.98 Å². The summed E-state index contributed by atoms with van der Waals surface area (Å²) in [6.45, 7) is 0. The summed E-state index contributed by atoms with van der Waals surface area (Å²) in [4.78, 5) is 4.39. The van der Waals surface area contributed by atoms with Gasteiger partial charge in [0.05, 0.1) is 23.5 Å². The molecule has 0 amide bonds. The van der Waals surface area contributed by atoms with E-state index in [0.29, 0.717) is 12.4 Å². The number of halogens is 1. The quantitative estimate of drug-likeness (QED) is 0.700. The normalized spacial score (nSPS) is 10.6. The number of rotatable bonds is 2. The minimum absolute atomic E-state index is 0.415. The summed E-state index contributed by atoms with van der Waals surface area (Å²) in [7, 11) is 0. The Morgan fingerprint density at radius 1 is 1.20 bits per heavy atom. The minimum Gasteiger partial charge on any atom is -0.369 e. The molecule has 0 radical (unpaired) electrons. The molecule has 0 bridgehead atoms. The number of imidazole rings is 1. The van der Waals surface area contributed by atoms with Gasteiger partial charge < -0.3 is 5.73 Å². The van der Waals surface area contributed by atoms with E-state index in [2.05, 4.69) is 33.6 Å². The lowest BCUT2D eigenvalue weighted by atomic mass is 10.1. The van der Waals surface area contributed by atoms with Crippen molar-refractivity contribution < 1.29 is 0 Å². The molecule has 1 aromatic heterocycles. The van der Waals surface area contributed by atoms with E-state index in [9.17, 15) is 0 Å². The third-order valence-electron chi connectivity index (χ3n) is 3.12. The van der Waals surface area contributed by atoms with Crippen molar-refractivity contribution in [2.75, 3.05) is 5.73 Å². The summed E-state index contributed by atoms with van der Waals surface area (Å²) in [5.74, 6) is 0.468. The number of fused-ring (bicyclic) bond motifs is 1. The van der Waals surface area contributed by atoms with Gasteiger partial charge in [-0.05, 0) is 58.5 Å². The largest absolute Gasteiger partial charge is 0.369 e. The molecule has 4 nitrogen and oxygen atoms in total. The first-order valence-corrected chi connectivity index (χ1v) is 7.16. The van der Waals surface area contributed by atoms with Crippen molar-refractivity contribution in [2.24, 2.45) is 0 Å². The van der Waals surface area contributed by atoms with Crippen LogP contribution in [0.3, 0.4) is 0 Å². The maximum Gasteiger partial charge on any atom is 0.205 e. The van der Waals surface area contributed by atoms with Gasteiger partial charge >= 0.3 is 0 Å². The molecule has 0 aliphatic heterocycles. The average molecular weight is 374 g/mol. The van der Waals surface area contributed by atoms with Crippen molar-refractivity contribution >= 4 is 39.6 Å². The number of nitriles is 1. The minimum atomic E-state index is 0.415. The number of hydrogen-bond donors (Lipinski definition) is 1. The van der Waals surface area contributed by atoms with Gasteiger partial charge in [-0.3, -0.25) is 4.57 Å². The monoisotopic (exact) mass is 374 g/mol. The van der Waals surface area contributed by atoms with Crippen molar-refractivity contribution in [2.45, 2.75) is 6.42 Å². The van der Waals surface area contributed by atoms with Gasteiger partial charge in [0.1, 0.15) is 0 Å². The summed E-state index contributed by atoms with van der Waals surface area (Å²) >= 11 is 2.26. The van der Waals surface area contributed by atoms with Crippen molar-refractivity contribution in [3.63, 3.8) is 0 Å². The van der Waals surface area contributed by atoms with Crippen LogP contribution in [-0.2, 0) is 6.42 Å². The third kappa shape index (κ3) is 2.23. The predicted octanol–water partition coefficient (Wildman–Crippen LogP) is 3.28. The molecule has 20 heavy (non-hydrogen) atoms. The van der Waals surface area contributed by atoms with E-state index in [-0.39, 0.29) is 0 Å². The van der Waals surface area contributed by atoms with Crippen molar-refractivity contribution in [3.8, 4) is 11.8 Å². The van der Waals surface area contributed by atoms with Gasteiger partial charge in [-0.2, -0.15) is 5.26 Å². The van der Waals surface area contributed by atoms with Gasteiger partial charge in [-0.1, -0.05) is 12.1 Å². The van der Waals surface area contributed by atoms with E-state index in [1.165, 1.54) is 0 Å². The van der Waals surface area contributed by atoms with E-state index >= 15 is 0 Å². The van der Waals surface area contributed by atoms with Crippen LogP contribution in [0.5, 0.6) is 0 Å². The van der Waals surface area contributed by atoms with Crippen molar-refractivity contribution in [1.29, 1.82) is 5.26 Å². The number of anilines is 1. The Morgan fingerprint density at radius 3 is 2.65 bits per heavy atom. The van der Waals surface area contributed by atoms with Crippen molar-refractivity contribution in [1.82, 2.24) is 9.55 Å². The molecule has 0 saturated carbocycles. The van der Waals surface area contributed by atoms with E-state index < -0.39 is 0 Å². The smallest absolute Gasteiger partial charge is 0.205 e. The Balaban J connectivity index is 2.14. The van der Waals surface area contributed by atoms with Gasteiger partial charge in [0.15, 0.2) is 0 Å². The zero-order valence-corrected chi connectivity index (χ0v) is 12.7. The van der Waals surface area contributed by atoms with E-state index in [1.54, 1.807) is 0 Å². The van der Waals surface area contributed by atoms with Crippen LogP contribution in [0.15, 0.2) is 42.5 Å². The van der Waals surface area contributed by atoms with Crippen LogP contribution in [0.2, 0.25) is 0 Å². The molecule has 0 atom stereocenters. The molecule has 0 aliphatic rings. The number of aromatic nitrogens is 2. The first-order valence-electron chi connectivity index (χ1n) is 6.09. The molecule has 0 saturated heterocycles. The predicted molar refractivity (Wildman–Crippen MR) is 87.5 cm³/mol. The average Bonchev–Trinajstić information content (AvgIpc) is 2.75. The highest BCUT2D eigenvalue weighted by Crippen LogP contribution is 2.24. The van der Waals surface area contributed by atoms with E-state index in [0.717, 1.165) is 25.9 Å². The third-order valence-corrected chi connectivity index (χ3v) is 3.79. The fraction of sp³-hybridized carbons (Fsp3) is 0.0667. The lowest BCUT2D eigenvalue weighted by Gasteiger charge is -2.07. The first-order chi connectivity index (χ1) is 9.69. The molecule has 3 rings (SSSR count). The Bertz CT molecular complexity index is 812. The number of hydrogen-bond acceptors (Lipinski definition) is 3. The Kier molecular flexibility index (Phi) is 3.32. The van der Waals surface area contributed by atoms with Crippen LogP contribution in [0, 0.1) is 14.9 Å². The van der Waals surface area contributed by atoms with Crippen LogP contribution >= 0.6 is 22.6 Å². The maximum atomic E-state index is 8.70. The fourth-order valence-corrected chi connectivity index (χ4v) is 2.67. The van der Waals surface area contributed by atoms with Crippen LogP contribution in [0.4, 0.5) is 5.95 Å². The Hall–Kier alpha value is -2.07. The number of nitrogen functional groups attached to an aromatic ring is 1. The number of nitrogens with zero attached hydrogens (tertiary/aromatic N) is 3. The van der Waals surface area contributed by atoms with Crippen LogP contribution in [-0.4, -0.2) is 9.55 Å². The Morgan fingerprint density at radius 2 is 1.95 bits per heavy atom. The molecule has 3 aromatic rings. The number of nitrogens with two attached hydrogens (primary N) is 1. The zero-order valence-electron chi connectivity index (χ0n) is 10.5. The summed E-state index contributed by atoms with van der Waals surface area (Å²) in [5, 5.41) is 8.70. The standard InChI is InChI=1S/C15H11IN4/c16-11-3-6-14-13(9-11)19-15(18)20(14)12-4-1-10(2-5-12)7-8-17/h1-6,9H,7H2,(H2,18,19). The van der Waals surface area contributed by atoms with E-state index in [4.69, 9.17) is 11.0 Å². The molecule has 98 valence electrons. The summed E-state index contributed by atoms with van der Waals surface area (Å²) in [5.41, 5.74) is 9.84. The second-order valence-electron chi connectivity index (χ2n) is 4.44. The topological polar surface area (TPSA) is 67.6 Å². The lowest BCUT2D eigenvalue weighted by Crippen LogP contribution is -2.00. The molecular weight excluding hydrogens is 363 g/mol. The SMILES string of the molecule is N#CCc1ccc(-n2c(N)nc3cc(I)ccc32)cc1. The molecule has 2 aromatic carbocycles. The molecule has 0 spiro atoms. The van der Waals surface area contributed by atoms with Crippen LogP contribution < -0.4 is 5.73 Å². The summed E-state index contributed by atoms with van der Waals surface area (Å²) in [6.07, 6.45) is 0.415. The second kappa shape index (κ2) is 5.13. The van der Waals surface area contributed by atoms with E-state index in [1.807, 2.05) is 47.0 Å². The molecular formula is C15H11IN4.